The van der Waals surface area contributed by atoms with Crippen molar-refractivity contribution in [1.29, 1.82) is 0 Å². The van der Waals surface area contributed by atoms with Crippen molar-refractivity contribution in [2.75, 3.05) is 26.3 Å². The second-order valence-electron chi connectivity index (χ2n) is 10.2. The normalized spacial score (nSPS) is 23.9. The number of morpholine rings is 1. The fourth-order valence-corrected chi connectivity index (χ4v) is 6.00. The van der Waals surface area contributed by atoms with Crippen molar-refractivity contribution in [3.8, 4) is 6.57 Å². The van der Waals surface area contributed by atoms with Crippen molar-refractivity contribution < 1.29 is 9.53 Å². The number of benzene rings is 2. The molecule has 4 rings (SSSR count). The number of nitrogens with zero attached hydrogens (tertiary/aromatic N) is 2. The molecule has 1 N–H and O–H groups in total. The zero-order valence-electron chi connectivity index (χ0n) is 22.1. The Morgan fingerprint density at radius 2 is 1.82 bits per heavy atom. The average Bonchev–Trinajstić information content (AvgIpc) is 2.93. The van der Waals surface area contributed by atoms with Crippen LogP contribution >= 0.6 is 23.2 Å². The average molecular weight is 554 g/mol. The molecule has 1 saturated carbocycles. The van der Waals surface area contributed by atoms with E-state index >= 15 is 0 Å². The summed E-state index contributed by atoms with van der Waals surface area (Å²) in [7, 11) is 0. The summed E-state index contributed by atoms with van der Waals surface area (Å²) in [6.07, 6.45) is 5.96. The molecule has 2 aromatic rings. The van der Waals surface area contributed by atoms with E-state index in [2.05, 4.69) is 46.3 Å². The van der Waals surface area contributed by atoms with E-state index in [1.807, 2.05) is 24.3 Å². The van der Waals surface area contributed by atoms with Crippen LogP contribution in [0.1, 0.15) is 54.8 Å². The first-order chi connectivity index (χ1) is 18.4. The van der Waals surface area contributed by atoms with Gasteiger partial charge < -0.3 is 10.1 Å². The molecular weight excluding hydrogens is 517 g/mol. The molecule has 1 aliphatic carbocycles. The summed E-state index contributed by atoms with van der Waals surface area (Å²) in [5.41, 5.74) is 4.03. The van der Waals surface area contributed by atoms with E-state index in [0.29, 0.717) is 16.1 Å². The highest BCUT2D eigenvalue weighted by Gasteiger charge is 2.39. The number of carbonyl (C=O) groups is 1. The number of allylic oxidation sites excluding steroid dienone is 1. The highest BCUT2D eigenvalue weighted by Crippen LogP contribution is 2.41. The molecule has 2 fully saturated rings. The van der Waals surface area contributed by atoms with E-state index in [-0.39, 0.29) is 17.7 Å². The number of rotatable bonds is 7. The van der Waals surface area contributed by atoms with Crippen LogP contribution in [0.25, 0.3) is 4.85 Å². The molecule has 0 bridgehead atoms. The standard InChI is InChI=1S/C31H35Cl2N3O2/c1-21-4-6-23(7-5-21)29-20-26(36-16-18-38-19-17-36)12-13-28(29)31(37)35-30(24-8-10-25(33)11-9-24)27(22(2)32)14-15-34-3/h3-11,14-15,26,28-30H,12-13,16-20H2,1-2H3/p+1. The highest BCUT2D eigenvalue weighted by atomic mass is 35.5. The number of nitrogens with one attached hydrogen (secondary N) is 1. The largest absolute Gasteiger partial charge is 0.379 e. The zero-order valence-corrected chi connectivity index (χ0v) is 23.6. The van der Waals surface area contributed by atoms with Crippen LogP contribution in [-0.4, -0.2) is 43.2 Å². The van der Waals surface area contributed by atoms with Gasteiger partial charge in [0.15, 0.2) is 0 Å². The minimum atomic E-state index is -0.467. The third-order valence-electron chi connectivity index (χ3n) is 7.77. The van der Waals surface area contributed by atoms with Gasteiger partial charge in [0.25, 0.3) is 6.57 Å². The van der Waals surface area contributed by atoms with E-state index in [4.69, 9.17) is 34.5 Å². The van der Waals surface area contributed by atoms with E-state index in [1.165, 1.54) is 17.3 Å². The van der Waals surface area contributed by atoms with Crippen LogP contribution in [0.5, 0.6) is 0 Å². The van der Waals surface area contributed by atoms with Gasteiger partial charge in [-0.15, -0.1) is 0 Å². The summed E-state index contributed by atoms with van der Waals surface area (Å²) < 4.78 is 5.59. The molecule has 200 valence electrons. The van der Waals surface area contributed by atoms with Crippen molar-refractivity contribution in [1.82, 2.24) is 10.2 Å². The lowest BCUT2D eigenvalue weighted by Gasteiger charge is -2.42. The Morgan fingerprint density at radius 3 is 2.45 bits per heavy atom. The maximum Gasteiger partial charge on any atom is 0.305 e. The molecule has 38 heavy (non-hydrogen) atoms. The van der Waals surface area contributed by atoms with Gasteiger partial charge in [0.1, 0.15) is 0 Å². The Bertz CT molecular complexity index is 1190. The van der Waals surface area contributed by atoms with Crippen molar-refractivity contribution in [2.24, 2.45) is 5.92 Å². The molecule has 4 atom stereocenters. The fraction of sp³-hybridized carbons (Fsp3) is 0.419. The summed E-state index contributed by atoms with van der Waals surface area (Å²) in [5.74, 6) is -0.0310. The molecule has 5 nitrogen and oxygen atoms in total. The van der Waals surface area contributed by atoms with Crippen molar-refractivity contribution in [2.45, 2.75) is 51.1 Å². The van der Waals surface area contributed by atoms with Crippen LogP contribution in [0.4, 0.5) is 0 Å². The maximum absolute atomic E-state index is 14.1. The predicted octanol–water partition coefficient (Wildman–Crippen LogP) is 7.08. The minimum Gasteiger partial charge on any atom is -0.379 e. The Balaban J connectivity index is 1.64. The fourth-order valence-electron chi connectivity index (χ4n) is 5.70. The van der Waals surface area contributed by atoms with Crippen molar-refractivity contribution >= 4 is 29.1 Å². The van der Waals surface area contributed by atoms with Gasteiger partial charge in [0.05, 0.1) is 19.3 Å². The third-order valence-corrected chi connectivity index (χ3v) is 8.24. The Hall–Kier alpha value is -2.62. The minimum absolute atomic E-state index is 0.0180. The summed E-state index contributed by atoms with van der Waals surface area (Å²) in [4.78, 5) is 20.2. The number of hydrogen-bond acceptors (Lipinski definition) is 3. The molecule has 4 unspecified atom stereocenters. The van der Waals surface area contributed by atoms with Crippen LogP contribution in [0.3, 0.4) is 0 Å². The van der Waals surface area contributed by atoms with Gasteiger partial charge >= 0.3 is 6.20 Å². The summed E-state index contributed by atoms with van der Waals surface area (Å²) in [6.45, 7) is 12.7. The van der Waals surface area contributed by atoms with Gasteiger partial charge in [0, 0.05) is 46.8 Å². The van der Waals surface area contributed by atoms with Crippen LogP contribution in [0, 0.1) is 19.4 Å². The third kappa shape index (κ3) is 7.07. The summed E-state index contributed by atoms with van der Waals surface area (Å²) >= 11 is 12.7. The first-order valence-corrected chi connectivity index (χ1v) is 14.0. The van der Waals surface area contributed by atoms with Gasteiger partial charge in [-0.3, -0.25) is 9.69 Å². The van der Waals surface area contributed by atoms with E-state index in [1.54, 1.807) is 13.0 Å². The summed E-state index contributed by atoms with van der Waals surface area (Å²) in [6, 6.07) is 16.1. The zero-order chi connectivity index (χ0) is 27.1. The number of carbonyl (C=O) groups excluding carboxylic acids is 1. The molecule has 2 aliphatic rings. The van der Waals surface area contributed by atoms with Crippen LogP contribution < -0.4 is 5.32 Å². The van der Waals surface area contributed by atoms with Crippen LogP contribution in [0.2, 0.25) is 5.02 Å². The first-order valence-electron chi connectivity index (χ1n) is 13.2. The Labute approximate surface area is 236 Å². The molecule has 1 saturated heterocycles. The number of halogens is 2. The van der Waals surface area contributed by atoms with Crippen LogP contribution in [0.15, 0.2) is 71.4 Å². The second kappa shape index (κ2) is 13.4. The van der Waals surface area contributed by atoms with Gasteiger partial charge in [-0.2, -0.15) is 0 Å². The SMILES string of the molecule is C#[N+]C=CC(=C(C)Cl)C(NC(=O)C1CCC(N2CCOCC2)CC1c1ccc(C)cc1)c1ccc(Cl)cc1. The molecule has 0 aromatic heterocycles. The topological polar surface area (TPSA) is 45.9 Å². The molecule has 0 spiro atoms. The van der Waals surface area contributed by atoms with Gasteiger partial charge in [-0.05, 0) is 67.1 Å². The van der Waals surface area contributed by atoms with Crippen molar-refractivity contribution in [3.05, 3.63) is 98.0 Å². The quantitative estimate of drug-likeness (QED) is 0.373. The molecule has 2 aromatic carbocycles. The lowest BCUT2D eigenvalue weighted by Crippen LogP contribution is -2.48. The molecule has 0 radical (unpaired) electrons. The number of amides is 1. The van der Waals surface area contributed by atoms with Crippen LogP contribution in [-0.2, 0) is 9.53 Å². The number of ether oxygens (including phenoxy) is 1. The lowest BCUT2D eigenvalue weighted by atomic mass is 9.72. The lowest BCUT2D eigenvalue weighted by molar-refractivity contribution is -0.127. The number of hydrogen-bond donors (Lipinski definition) is 1. The monoisotopic (exact) mass is 552 g/mol. The Morgan fingerprint density at radius 1 is 1.13 bits per heavy atom. The smallest absolute Gasteiger partial charge is 0.305 e. The molecule has 7 heteroatoms. The molecule has 1 heterocycles. The maximum atomic E-state index is 14.1. The molecular formula is C31H36Cl2N3O2+. The second-order valence-corrected chi connectivity index (χ2v) is 11.2. The number of aryl methyl sites for hydroxylation is 1. The van der Waals surface area contributed by atoms with Gasteiger partial charge in [-0.25, -0.2) is 0 Å². The van der Waals surface area contributed by atoms with Gasteiger partial charge in [0.2, 0.25) is 5.91 Å². The van der Waals surface area contributed by atoms with Gasteiger partial charge in [-0.1, -0.05) is 65.2 Å². The molecule has 1 amide bonds. The van der Waals surface area contributed by atoms with Crippen molar-refractivity contribution in [3.63, 3.8) is 0 Å². The van der Waals surface area contributed by atoms with E-state index in [9.17, 15) is 4.79 Å². The highest BCUT2D eigenvalue weighted by molar-refractivity contribution is 6.30. The Kier molecular flexibility index (Phi) is 10.0. The predicted molar refractivity (Wildman–Crippen MR) is 156 cm³/mol. The molecule has 1 aliphatic heterocycles. The first kappa shape index (κ1) is 28.4. The van der Waals surface area contributed by atoms with E-state index in [0.717, 1.165) is 56.7 Å². The summed E-state index contributed by atoms with van der Waals surface area (Å²) in [5, 5.41) is 4.50. The van der Waals surface area contributed by atoms with E-state index < -0.39 is 6.04 Å².